The summed E-state index contributed by atoms with van der Waals surface area (Å²) in [5, 5.41) is 0. The molecule has 1 aliphatic rings. The van der Waals surface area contributed by atoms with Crippen molar-refractivity contribution in [3.05, 3.63) is 35.4 Å². The van der Waals surface area contributed by atoms with Crippen LogP contribution >= 0.6 is 0 Å². The molecule has 0 spiro atoms. The predicted octanol–water partition coefficient (Wildman–Crippen LogP) is 2.67. The molecule has 2 rings (SSSR count). The fraction of sp³-hybridized carbons (Fsp3) is 0.571. The Labute approximate surface area is 107 Å². The Morgan fingerprint density at radius 2 is 1.94 bits per heavy atom. The molecule has 0 saturated heterocycles. The van der Waals surface area contributed by atoms with Gasteiger partial charge in [0, 0.05) is 37.3 Å². The number of hydrogen-bond donors (Lipinski definition) is 1. The first-order chi connectivity index (χ1) is 8.70. The molecule has 0 bridgehead atoms. The third-order valence-corrected chi connectivity index (χ3v) is 3.65. The van der Waals surface area contributed by atoms with E-state index in [1.165, 1.54) is 25.0 Å². The monoisotopic (exact) mass is 254 g/mol. The number of rotatable bonds is 5. The van der Waals surface area contributed by atoms with Gasteiger partial charge in [0.15, 0.2) is 0 Å². The van der Waals surface area contributed by atoms with Gasteiger partial charge in [-0.15, -0.1) is 0 Å². The summed E-state index contributed by atoms with van der Waals surface area (Å²) >= 11 is 0. The van der Waals surface area contributed by atoms with Crippen LogP contribution in [0.2, 0.25) is 0 Å². The highest BCUT2D eigenvalue weighted by atomic mass is 19.1. The van der Waals surface area contributed by atoms with Crippen molar-refractivity contribution in [3.8, 4) is 0 Å². The average Bonchev–Trinajstić information content (AvgIpc) is 2.85. The van der Waals surface area contributed by atoms with Crippen molar-refractivity contribution < 1.29 is 8.78 Å². The highest BCUT2D eigenvalue weighted by Crippen LogP contribution is 2.25. The Balaban J connectivity index is 2.07. The molecule has 1 aromatic carbocycles. The largest absolute Gasteiger partial charge is 0.329 e. The minimum Gasteiger partial charge on any atom is -0.329 e. The minimum atomic E-state index is -0.525. The molecule has 0 aromatic heterocycles. The number of benzene rings is 1. The van der Waals surface area contributed by atoms with Crippen molar-refractivity contribution in [3.63, 3.8) is 0 Å². The van der Waals surface area contributed by atoms with Gasteiger partial charge in [-0.2, -0.15) is 0 Å². The molecule has 0 unspecified atom stereocenters. The van der Waals surface area contributed by atoms with Gasteiger partial charge in [-0.3, -0.25) is 4.90 Å². The summed E-state index contributed by atoms with van der Waals surface area (Å²) < 4.78 is 26.5. The van der Waals surface area contributed by atoms with Crippen LogP contribution in [-0.4, -0.2) is 24.0 Å². The van der Waals surface area contributed by atoms with Gasteiger partial charge in [0.2, 0.25) is 0 Å². The molecule has 0 amide bonds. The fourth-order valence-corrected chi connectivity index (χ4v) is 2.69. The second-order valence-corrected chi connectivity index (χ2v) is 4.93. The molecule has 2 nitrogen and oxygen atoms in total. The Kier molecular flexibility index (Phi) is 4.66. The van der Waals surface area contributed by atoms with E-state index in [1.54, 1.807) is 0 Å². The molecule has 1 fully saturated rings. The van der Waals surface area contributed by atoms with Crippen molar-refractivity contribution in [1.29, 1.82) is 0 Å². The number of nitrogens with two attached hydrogens (primary N) is 1. The lowest BCUT2D eigenvalue weighted by Crippen LogP contribution is -2.36. The lowest BCUT2D eigenvalue weighted by Gasteiger charge is -2.28. The van der Waals surface area contributed by atoms with Gasteiger partial charge in [-0.1, -0.05) is 18.9 Å². The first kappa shape index (κ1) is 13.4. The molecule has 0 atom stereocenters. The molecule has 1 aliphatic carbocycles. The quantitative estimate of drug-likeness (QED) is 0.875. The first-order valence-corrected chi connectivity index (χ1v) is 6.58. The second-order valence-electron chi connectivity index (χ2n) is 4.93. The molecule has 0 radical (unpaired) electrons. The average molecular weight is 254 g/mol. The Morgan fingerprint density at radius 3 is 2.56 bits per heavy atom. The van der Waals surface area contributed by atoms with Crippen LogP contribution < -0.4 is 5.73 Å². The lowest BCUT2D eigenvalue weighted by atomic mass is 10.1. The van der Waals surface area contributed by atoms with Crippen LogP contribution in [0.3, 0.4) is 0 Å². The lowest BCUT2D eigenvalue weighted by molar-refractivity contribution is 0.193. The van der Waals surface area contributed by atoms with Gasteiger partial charge in [0.05, 0.1) is 0 Å². The predicted molar refractivity (Wildman–Crippen MR) is 68.1 cm³/mol. The molecule has 4 heteroatoms. The molecule has 0 aliphatic heterocycles. The Hall–Kier alpha value is -1.00. The van der Waals surface area contributed by atoms with E-state index in [0.717, 1.165) is 25.5 Å². The molecule has 1 saturated carbocycles. The summed E-state index contributed by atoms with van der Waals surface area (Å²) in [6.45, 7) is 1.86. The van der Waals surface area contributed by atoms with E-state index < -0.39 is 11.6 Å². The third kappa shape index (κ3) is 3.27. The zero-order chi connectivity index (χ0) is 13.0. The van der Waals surface area contributed by atoms with Crippen LogP contribution in [-0.2, 0) is 6.54 Å². The molecule has 100 valence electrons. The smallest absolute Gasteiger partial charge is 0.130 e. The van der Waals surface area contributed by atoms with Crippen molar-refractivity contribution in [2.24, 2.45) is 5.73 Å². The number of halogens is 2. The van der Waals surface area contributed by atoms with E-state index >= 15 is 0 Å². The van der Waals surface area contributed by atoms with Crippen molar-refractivity contribution in [2.75, 3.05) is 13.1 Å². The molecule has 1 aromatic rings. The maximum Gasteiger partial charge on any atom is 0.130 e. The van der Waals surface area contributed by atoms with Gasteiger partial charge in [0.25, 0.3) is 0 Å². The van der Waals surface area contributed by atoms with Crippen LogP contribution in [0.1, 0.15) is 31.2 Å². The summed E-state index contributed by atoms with van der Waals surface area (Å²) in [4.78, 5) is 2.23. The summed E-state index contributed by atoms with van der Waals surface area (Å²) in [7, 11) is 0. The van der Waals surface area contributed by atoms with E-state index in [2.05, 4.69) is 4.90 Å². The van der Waals surface area contributed by atoms with Gasteiger partial charge in [-0.25, -0.2) is 8.78 Å². The van der Waals surface area contributed by atoms with E-state index in [0.29, 0.717) is 24.7 Å². The van der Waals surface area contributed by atoms with Crippen LogP contribution in [0.4, 0.5) is 8.78 Å². The maximum atomic E-state index is 13.6. The molecule has 18 heavy (non-hydrogen) atoms. The number of hydrogen-bond acceptors (Lipinski definition) is 2. The Morgan fingerprint density at radius 1 is 1.22 bits per heavy atom. The summed E-state index contributed by atoms with van der Waals surface area (Å²) in [5.41, 5.74) is 6.17. The van der Waals surface area contributed by atoms with Gasteiger partial charge in [-0.05, 0) is 18.9 Å². The first-order valence-electron chi connectivity index (χ1n) is 6.58. The van der Waals surface area contributed by atoms with E-state index in [1.807, 2.05) is 0 Å². The highest BCUT2D eigenvalue weighted by molar-refractivity contribution is 5.18. The van der Waals surface area contributed by atoms with Gasteiger partial charge in [0.1, 0.15) is 11.6 Å². The summed E-state index contributed by atoms with van der Waals surface area (Å²) in [6, 6.07) is 4.29. The highest BCUT2D eigenvalue weighted by Gasteiger charge is 2.22. The summed E-state index contributed by atoms with van der Waals surface area (Å²) in [6.07, 6.45) is 4.78. The van der Waals surface area contributed by atoms with Crippen LogP contribution in [0, 0.1) is 11.6 Å². The van der Waals surface area contributed by atoms with Crippen LogP contribution in [0.15, 0.2) is 18.2 Å². The molecular weight excluding hydrogens is 234 g/mol. The normalized spacial score (nSPS) is 16.7. The topological polar surface area (TPSA) is 29.3 Å². The van der Waals surface area contributed by atoms with Crippen molar-refractivity contribution in [1.82, 2.24) is 4.90 Å². The van der Waals surface area contributed by atoms with Crippen molar-refractivity contribution in [2.45, 2.75) is 38.3 Å². The van der Waals surface area contributed by atoms with Crippen LogP contribution in [0.5, 0.6) is 0 Å². The second kappa shape index (κ2) is 6.25. The van der Waals surface area contributed by atoms with Gasteiger partial charge < -0.3 is 5.73 Å². The minimum absolute atomic E-state index is 0.463. The van der Waals surface area contributed by atoms with E-state index in [4.69, 9.17) is 5.73 Å². The van der Waals surface area contributed by atoms with E-state index in [-0.39, 0.29) is 0 Å². The Bertz CT molecular complexity index is 389. The summed E-state index contributed by atoms with van der Waals surface area (Å²) in [5.74, 6) is -0.988. The zero-order valence-corrected chi connectivity index (χ0v) is 10.5. The SMILES string of the molecule is NCCN(Cc1ccc(F)cc1F)C1CCCC1. The van der Waals surface area contributed by atoms with Gasteiger partial charge >= 0.3 is 0 Å². The number of nitrogens with zero attached hydrogens (tertiary/aromatic N) is 1. The van der Waals surface area contributed by atoms with Crippen LogP contribution in [0.25, 0.3) is 0 Å². The van der Waals surface area contributed by atoms with Crippen molar-refractivity contribution >= 4 is 0 Å². The zero-order valence-electron chi connectivity index (χ0n) is 10.5. The molecule has 0 heterocycles. The standard InChI is InChI=1S/C14H20F2N2/c15-12-6-5-11(14(16)9-12)10-18(8-7-17)13-3-1-2-4-13/h5-6,9,13H,1-4,7-8,10,17H2. The molecule has 2 N–H and O–H groups in total. The third-order valence-electron chi connectivity index (χ3n) is 3.65. The maximum absolute atomic E-state index is 13.6. The fourth-order valence-electron chi connectivity index (χ4n) is 2.69. The molecular formula is C14H20F2N2. The van der Waals surface area contributed by atoms with E-state index in [9.17, 15) is 8.78 Å².